The molecule has 8 nitrogen and oxygen atoms in total. The smallest absolute Gasteiger partial charge is 0.337 e. The van der Waals surface area contributed by atoms with Gasteiger partial charge in [0.1, 0.15) is 11.5 Å². The van der Waals surface area contributed by atoms with Crippen molar-refractivity contribution in [3.05, 3.63) is 59.3 Å². The summed E-state index contributed by atoms with van der Waals surface area (Å²) in [6.45, 7) is 4.38. The normalized spacial score (nSPS) is 14.0. The van der Waals surface area contributed by atoms with Crippen molar-refractivity contribution in [2.45, 2.75) is 19.8 Å². The number of aromatic nitrogens is 2. The number of esters is 1. The number of aromatic amines is 1. The lowest BCUT2D eigenvalue weighted by molar-refractivity contribution is -0.136. The van der Waals surface area contributed by atoms with E-state index in [0.29, 0.717) is 11.6 Å². The fourth-order valence-corrected chi connectivity index (χ4v) is 3.73. The van der Waals surface area contributed by atoms with E-state index in [4.69, 9.17) is 4.74 Å². The second kappa shape index (κ2) is 8.84. The second-order valence-electron chi connectivity index (χ2n) is 8.01. The van der Waals surface area contributed by atoms with E-state index in [-0.39, 0.29) is 36.9 Å². The Morgan fingerprint density at radius 3 is 2.66 bits per heavy atom. The molecule has 32 heavy (non-hydrogen) atoms. The molecule has 0 bridgehead atoms. The zero-order chi connectivity index (χ0) is 22.8. The predicted octanol–water partition coefficient (Wildman–Crippen LogP) is 3.03. The van der Waals surface area contributed by atoms with Crippen molar-refractivity contribution in [1.82, 2.24) is 14.9 Å². The van der Waals surface area contributed by atoms with Gasteiger partial charge in [-0.25, -0.2) is 9.78 Å². The number of aliphatic hydroxyl groups excluding tert-OH is 1. The summed E-state index contributed by atoms with van der Waals surface area (Å²) in [5.41, 5.74) is 5.11. The number of anilines is 1. The molecular weight excluding hydrogens is 408 g/mol. The molecule has 2 heterocycles. The van der Waals surface area contributed by atoms with Gasteiger partial charge < -0.3 is 25.0 Å². The number of carbonyl (C=O) groups is 2. The lowest BCUT2D eigenvalue weighted by atomic mass is 10.0. The zero-order valence-corrected chi connectivity index (χ0v) is 18.3. The number of carbonyl (C=O) groups excluding carboxylic acids is 2. The summed E-state index contributed by atoms with van der Waals surface area (Å²) in [5, 5.41) is 12.2. The van der Waals surface area contributed by atoms with Crippen LogP contribution in [-0.4, -0.2) is 58.7 Å². The van der Waals surface area contributed by atoms with Gasteiger partial charge in [-0.2, -0.15) is 0 Å². The average Bonchev–Trinajstić information content (AvgIpc) is 3.35. The van der Waals surface area contributed by atoms with E-state index in [1.165, 1.54) is 17.6 Å². The molecule has 0 radical (unpaired) electrons. The molecule has 2 aromatic carbocycles. The Labute approximate surface area is 185 Å². The average molecular weight is 434 g/mol. The Morgan fingerprint density at radius 1 is 1.25 bits per heavy atom. The summed E-state index contributed by atoms with van der Waals surface area (Å²) in [5.74, 6) is 0.281. The quantitative estimate of drug-likeness (QED) is 0.494. The SMILES string of the molecule is COC(=O)C1=C(Nc2ccc(-c3nc4ccc(C(C)C)cc4[nH]3)cc2)C(=O)N(CCO)C1. The number of hydrogen-bond acceptors (Lipinski definition) is 6. The second-order valence-corrected chi connectivity index (χ2v) is 8.01. The number of methoxy groups -OCH3 is 1. The van der Waals surface area contributed by atoms with Crippen molar-refractivity contribution in [1.29, 1.82) is 0 Å². The number of fused-ring (bicyclic) bond motifs is 1. The van der Waals surface area contributed by atoms with Crippen LogP contribution in [-0.2, 0) is 14.3 Å². The zero-order valence-electron chi connectivity index (χ0n) is 18.3. The topological polar surface area (TPSA) is 108 Å². The molecule has 3 aromatic rings. The highest BCUT2D eigenvalue weighted by molar-refractivity contribution is 6.08. The summed E-state index contributed by atoms with van der Waals surface area (Å²) in [7, 11) is 1.28. The highest BCUT2D eigenvalue weighted by Crippen LogP contribution is 2.27. The Hall–Kier alpha value is -3.65. The van der Waals surface area contributed by atoms with Gasteiger partial charge in [0.15, 0.2) is 0 Å². The minimum absolute atomic E-state index is 0.101. The monoisotopic (exact) mass is 434 g/mol. The number of ether oxygens (including phenoxy) is 1. The first-order valence-corrected chi connectivity index (χ1v) is 10.5. The number of aliphatic hydroxyl groups is 1. The molecule has 0 unspecified atom stereocenters. The Kier molecular flexibility index (Phi) is 5.96. The first-order chi connectivity index (χ1) is 15.4. The fourth-order valence-electron chi connectivity index (χ4n) is 3.73. The van der Waals surface area contributed by atoms with Crippen molar-refractivity contribution >= 4 is 28.6 Å². The first-order valence-electron chi connectivity index (χ1n) is 10.5. The molecular formula is C24H26N4O4. The maximum Gasteiger partial charge on any atom is 0.337 e. The maximum atomic E-state index is 12.7. The van der Waals surface area contributed by atoms with Gasteiger partial charge in [0.25, 0.3) is 5.91 Å². The largest absolute Gasteiger partial charge is 0.466 e. The van der Waals surface area contributed by atoms with E-state index in [0.717, 1.165) is 22.4 Å². The number of nitrogens with one attached hydrogen (secondary N) is 2. The van der Waals surface area contributed by atoms with Gasteiger partial charge in [0.2, 0.25) is 0 Å². The van der Waals surface area contributed by atoms with Crippen LogP contribution < -0.4 is 5.32 Å². The highest BCUT2D eigenvalue weighted by atomic mass is 16.5. The Balaban J connectivity index is 1.57. The minimum Gasteiger partial charge on any atom is -0.466 e. The highest BCUT2D eigenvalue weighted by Gasteiger charge is 2.34. The summed E-state index contributed by atoms with van der Waals surface area (Å²) >= 11 is 0. The van der Waals surface area contributed by atoms with Gasteiger partial charge in [0.05, 0.1) is 36.9 Å². The lowest BCUT2D eigenvalue weighted by Crippen LogP contribution is -2.31. The number of imidazole rings is 1. The van der Waals surface area contributed by atoms with Crippen molar-refractivity contribution in [2.75, 3.05) is 32.1 Å². The van der Waals surface area contributed by atoms with Crippen LogP contribution in [0.4, 0.5) is 5.69 Å². The van der Waals surface area contributed by atoms with Crippen molar-refractivity contribution in [2.24, 2.45) is 0 Å². The first kappa shape index (κ1) is 21.6. The molecule has 166 valence electrons. The van der Waals surface area contributed by atoms with Crippen LogP contribution in [0.5, 0.6) is 0 Å². The summed E-state index contributed by atoms with van der Waals surface area (Å²) < 4.78 is 4.82. The van der Waals surface area contributed by atoms with Gasteiger partial charge in [-0.3, -0.25) is 4.79 Å². The predicted molar refractivity (Wildman–Crippen MR) is 122 cm³/mol. The molecule has 3 N–H and O–H groups in total. The molecule has 4 rings (SSSR count). The standard InChI is InChI=1S/C24H26N4O4/c1-14(2)16-6-9-19-20(12-16)27-22(26-19)15-4-7-17(8-5-15)25-21-18(24(31)32-3)13-28(10-11-29)23(21)30/h4-9,12,14,25,29H,10-11,13H2,1-3H3,(H,26,27). The third kappa shape index (κ3) is 4.09. The van der Waals surface area contributed by atoms with Gasteiger partial charge in [-0.15, -0.1) is 0 Å². The number of hydrogen-bond donors (Lipinski definition) is 3. The van der Waals surface area contributed by atoms with Crippen LogP contribution in [0.1, 0.15) is 25.3 Å². The Morgan fingerprint density at radius 2 is 2.00 bits per heavy atom. The van der Waals surface area contributed by atoms with Crippen LogP contribution in [0.15, 0.2) is 53.7 Å². The molecule has 1 aliphatic heterocycles. The third-order valence-corrected chi connectivity index (χ3v) is 5.55. The summed E-state index contributed by atoms with van der Waals surface area (Å²) in [4.78, 5) is 34.2. The number of nitrogens with zero attached hydrogens (tertiary/aromatic N) is 2. The molecule has 0 saturated heterocycles. The maximum absolute atomic E-state index is 12.7. The minimum atomic E-state index is -0.569. The fraction of sp³-hybridized carbons (Fsp3) is 0.292. The van der Waals surface area contributed by atoms with Gasteiger partial charge in [0, 0.05) is 17.8 Å². The Bertz CT molecular complexity index is 1190. The van der Waals surface area contributed by atoms with E-state index in [2.05, 4.69) is 41.3 Å². The summed E-state index contributed by atoms with van der Waals surface area (Å²) in [6.07, 6.45) is 0. The molecule has 0 spiro atoms. The molecule has 1 amide bonds. The summed E-state index contributed by atoms with van der Waals surface area (Å²) in [6, 6.07) is 13.7. The third-order valence-electron chi connectivity index (χ3n) is 5.55. The number of β-amino-alcohol motifs (C(OH)–C–C–N with tert-alkyl or cyclic N) is 1. The van der Waals surface area contributed by atoms with Gasteiger partial charge in [-0.05, 0) is 47.9 Å². The number of benzene rings is 2. The van der Waals surface area contributed by atoms with Crippen molar-refractivity contribution in [3.63, 3.8) is 0 Å². The molecule has 0 saturated carbocycles. The molecule has 0 atom stereocenters. The van der Waals surface area contributed by atoms with Crippen LogP contribution in [0.2, 0.25) is 0 Å². The van der Waals surface area contributed by atoms with Gasteiger partial charge >= 0.3 is 5.97 Å². The van der Waals surface area contributed by atoms with E-state index in [1.807, 2.05) is 30.3 Å². The van der Waals surface area contributed by atoms with Crippen LogP contribution >= 0.6 is 0 Å². The van der Waals surface area contributed by atoms with Crippen molar-refractivity contribution in [3.8, 4) is 11.4 Å². The van der Waals surface area contributed by atoms with E-state index < -0.39 is 5.97 Å². The lowest BCUT2D eigenvalue weighted by Gasteiger charge is -2.15. The molecule has 1 aliphatic rings. The number of rotatable bonds is 7. The van der Waals surface area contributed by atoms with E-state index in [1.54, 1.807) is 0 Å². The molecule has 1 aromatic heterocycles. The molecule has 8 heteroatoms. The molecule has 0 aliphatic carbocycles. The van der Waals surface area contributed by atoms with Crippen LogP contribution in [0.25, 0.3) is 22.4 Å². The van der Waals surface area contributed by atoms with Gasteiger partial charge in [-0.1, -0.05) is 19.9 Å². The number of H-pyrrole nitrogens is 1. The van der Waals surface area contributed by atoms with Crippen LogP contribution in [0.3, 0.4) is 0 Å². The van der Waals surface area contributed by atoms with E-state index >= 15 is 0 Å². The van der Waals surface area contributed by atoms with Crippen molar-refractivity contribution < 1.29 is 19.4 Å². The number of amides is 1. The van der Waals surface area contributed by atoms with E-state index in [9.17, 15) is 14.7 Å². The molecule has 0 fully saturated rings. The van der Waals surface area contributed by atoms with Crippen LogP contribution in [0, 0.1) is 0 Å².